The Bertz CT molecular complexity index is 2980. The molecule has 0 saturated heterocycles. The summed E-state index contributed by atoms with van der Waals surface area (Å²) < 4.78 is 3.30. The predicted octanol–water partition coefficient (Wildman–Crippen LogP) is 28.2. The fraction of sp³-hybridized carbons (Fsp3) is 0.660. The molecule has 4 aromatic rings. The molecule has 0 amide bonds. The summed E-state index contributed by atoms with van der Waals surface area (Å²) in [6, 6.07) is 19.6. The monoisotopic (exact) mass is 1490 g/mol. The van der Waals surface area contributed by atoms with Gasteiger partial charge < -0.3 is 21.3 Å². The molecule has 0 atom stereocenters. The standard InChI is InChI=1S/C50H80N2.C36H52N2.2C4H10O.2Ni/c1-9-17-25-26-34-48-47(33-24-16-8)49(43-35-39(27-18-10-2)45(31-22-14-6)40(36-43)28-19-11-3)52(51)50(48)44-37-41(29-20-12-4)46(32-23-15-7)42(38-44)30-21-13-5;1-9-17-19-33-34(20-18-10-2)36(30-23-27(13-5)32(16-8)28(14-6)24-30)38(37)35(33)29-21-25(11-3)31(15-7)26(12-4)22-29;2*1-2-3-4-5;;/h35-38H,9-34H2,1-8H3;21-24H,9-20H2,1-8H3;2*5H,2-4H2,1H3;;. The van der Waals surface area contributed by atoms with Crippen molar-refractivity contribution in [1.82, 2.24) is 0 Å². The number of hydrogen-bond donors (Lipinski definition) is 2. The number of benzene rings is 4. The summed E-state index contributed by atoms with van der Waals surface area (Å²) in [5.41, 5.74) is 57.7. The SMILES string of the molecule is CCCCC1=C(c2cc(CC)c(CC)c(CC)c2)[N+](=[N-])C(c2cc(CC)c(CC)c(CC)c2)=C1CCCC.CCCCCCC1=C(c2cc(CCCC)c(CCCC)c(CCCC)c2)[N+](=[N-])C(c2cc(CCCC)c(CCCC)c(CCCC)c2)=C1CCCC.CCCCO.CCCCO.[Ni].[Ni]. The van der Waals surface area contributed by atoms with E-state index in [-0.39, 0.29) is 33.0 Å². The molecule has 6 nitrogen and oxygen atoms in total. The van der Waals surface area contributed by atoms with Gasteiger partial charge in [-0.05, 0) is 295 Å². The maximum Gasteiger partial charge on any atom is 0.211 e. The van der Waals surface area contributed by atoms with E-state index in [2.05, 4.69) is 173 Å². The smallest absolute Gasteiger partial charge is 0.211 e. The van der Waals surface area contributed by atoms with E-state index in [1.54, 1.807) is 20.5 Å². The molecule has 0 bridgehead atoms. The van der Waals surface area contributed by atoms with Crippen molar-refractivity contribution in [2.45, 2.75) is 394 Å². The van der Waals surface area contributed by atoms with Crippen LogP contribution in [0.1, 0.15) is 406 Å². The number of aliphatic hydroxyl groups excluding tert-OH is 2. The maximum atomic E-state index is 12.8. The Balaban J connectivity index is 0.000000912. The molecule has 2 aliphatic rings. The number of hydrogen-bond acceptors (Lipinski definition) is 2. The Morgan fingerprint density at radius 1 is 0.225 bits per heavy atom. The normalized spacial score (nSPS) is 12.8. The third kappa shape index (κ3) is 28.6. The Kier molecular flexibility index (Phi) is 52.9. The third-order valence-corrected chi connectivity index (χ3v) is 21.2. The Hall–Kier alpha value is -4.05. The van der Waals surface area contributed by atoms with Gasteiger partial charge in [0.2, 0.25) is 22.8 Å². The van der Waals surface area contributed by atoms with Gasteiger partial charge in [0, 0.05) is 90.7 Å². The molecule has 2 heterocycles. The fourth-order valence-corrected chi connectivity index (χ4v) is 15.3. The first kappa shape index (κ1) is 96.0. The Morgan fingerprint density at radius 3 is 0.627 bits per heavy atom. The number of unbranched alkanes of at least 4 members (excludes halogenated alkanes) is 14. The summed E-state index contributed by atoms with van der Waals surface area (Å²) in [7, 11) is 0. The minimum Gasteiger partial charge on any atom is -0.493 e. The van der Waals surface area contributed by atoms with Crippen LogP contribution in [0, 0.1) is 0 Å². The summed E-state index contributed by atoms with van der Waals surface area (Å²) in [5.74, 6) is 0. The molecule has 102 heavy (non-hydrogen) atoms. The van der Waals surface area contributed by atoms with Crippen LogP contribution in [0.2, 0.25) is 0 Å². The maximum absolute atomic E-state index is 12.8. The van der Waals surface area contributed by atoms with Gasteiger partial charge in [-0.1, -0.05) is 215 Å². The van der Waals surface area contributed by atoms with Gasteiger partial charge in [0.15, 0.2) is 0 Å². The molecule has 6 rings (SSSR count). The summed E-state index contributed by atoms with van der Waals surface area (Å²) in [6.07, 6.45) is 47.8. The van der Waals surface area contributed by atoms with Crippen LogP contribution in [0.25, 0.3) is 33.9 Å². The second-order valence-corrected chi connectivity index (χ2v) is 29.0. The molecule has 0 fully saturated rings. The molecular weight excluding hydrogens is 1330 g/mol. The summed E-state index contributed by atoms with van der Waals surface area (Å²) in [6.45, 7) is 41.5. The zero-order chi connectivity index (χ0) is 73.8. The molecule has 0 aromatic heterocycles. The average Bonchev–Trinajstić information content (AvgIpc) is 1.60. The first-order chi connectivity index (χ1) is 48.7. The number of aryl methyl sites for hydroxylation is 8. The number of rotatable bonds is 46. The summed E-state index contributed by atoms with van der Waals surface area (Å²) in [5, 5.41) is 16.1. The molecule has 2 aliphatic heterocycles. The van der Waals surface area contributed by atoms with Crippen molar-refractivity contribution in [2.24, 2.45) is 0 Å². The number of nitrogens with zero attached hydrogens (tertiary/aromatic N) is 4. The molecule has 0 aliphatic carbocycles. The van der Waals surface area contributed by atoms with E-state index >= 15 is 0 Å². The summed E-state index contributed by atoms with van der Waals surface area (Å²) >= 11 is 0. The molecular formula is C94H152N4Ni2O2. The Labute approximate surface area is 649 Å². The summed E-state index contributed by atoms with van der Waals surface area (Å²) in [4.78, 5) is 0. The average molecular weight is 1490 g/mol. The van der Waals surface area contributed by atoms with Crippen molar-refractivity contribution < 1.29 is 52.6 Å². The van der Waals surface area contributed by atoms with E-state index in [0.29, 0.717) is 13.2 Å². The number of aliphatic hydroxyl groups is 2. The van der Waals surface area contributed by atoms with Crippen molar-refractivity contribution >= 4 is 22.8 Å². The molecule has 0 radical (unpaired) electrons. The molecule has 4 aromatic carbocycles. The van der Waals surface area contributed by atoms with Crippen LogP contribution in [-0.2, 0) is 110 Å². The van der Waals surface area contributed by atoms with Crippen molar-refractivity contribution in [2.75, 3.05) is 13.2 Å². The topological polar surface area (TPSA) is 91.1 Å². The number of allylic oxidation sites excluding steroid dienone is 4. The van der Waals surface area contributed by atoms with E-state index in [0.717, 1.165) is 177 Å². The first-order valence-corrected chi connectivity index (χ1v) is 42.4. The van der Waals surface area contributed by atoms with Gasteiger partial charge in [-0.25, -0.2) is 9.39 Å². The molecule has 0 saturated carbocycles. The quantitative estimate of drug-likeness (QED) is 0.0262. The van der Waals surface area contributed by atoms with Crippen molar-refractivity contribution in [1.29, 1.82) is 0 Å². The minimum atomic E-state index is 0. The van der Waals surface area contributed by atoms with Crippen LogP contribution in [0.4, 0.5) is 0 Å². The fourth-order valence-electron chi connectivity index (χ4n) is 15.3. The van der Waals surface area contributed by atoms with Crippen molar-refractivity contribution in [3.8, 4) is 0 Å². The predicted molar refractivity (Wildman–Crippen MR) is 440 cm³/mol. The molecule has 0 unspecified atom stereocenters. The van der Waals surface area contributed by atoms with E-state index in [9.17, 15) is 11.1 Å². The van der Waals surface area contributed by atoms with Gasteiger partial charge in [-0.3, -0.25) is 0 Å². The van der Waals surface area contributed by atoms with Crippen LogP contribution < -0.4 is 0 Å². The second kappa shape index (κ2) is 56.3. The minimum absolute atomic E-state index is 0. The van der Waals surface area contributed by atoms with E-state index in [1.807, 2.05) is 0 Å². The Morgan fingerprint density at radius 2 is 0.431 bits per heavy atom. The van der Waals surface area contributed by atoms with Gasteiger partial charge in [-0.15, -0.1) is 0 Å². The molecule has 2 N–H and O–H groups in total. The third-order valence-electron chi connectivity index (χ3n) is 21.2. The van der Waals surface area contributed by atoms with Gasteiger partial charge >= 0.3 is 0 Å². The zero-order valence-electron chi connectivity index (χ0n) is 69.0. The van der Waals surface area contributed by atoms with Crippen LogP contribution in [0.5, 0.6) is 0 Å². The first-order valence-electron chi connectivity index (χ1n) is 42.4. The van der Waals surface area contributed by atoms with Crippen LogP contribution in [0.3, 0.4) is 0 Å². The van der Waals surface area contributed by atoms with Gasteiger partial charge in [-0.2, -0.15) is 0 Å². The van der Waals surface area contributed by atoms with Crippen molar-refractivity contribution in [3.63, 3.8) is 0 Å². The van der Waals surface area contributed by atoms with Crippen molar-refractivity contribution in [3.05, 3.63) is 171 Å². The zero-order valence-corrected chi connectivity index (χ0v) is 71.0. The van der Waals surface area contributed by atoms with Gasteiger partial charge in [0.1, 0.15) is 0 Å². The molecule has 0 spiro atoms. The van der Waals surface area contributed by atoms with E-state index in [1.165, 1.54) is 216 Å². The van der Waals surface area contributed by atoms with Gasteiger partial charge in [0.25, 0.3) is 0 Å². The van der Waals surface area contributed by atoms with E-state index < -0.39 is 0 Å². The second-order valence-electron chi connectivity index (χ2n) is 29.0. The van der Waals surface area contributed by atoms with Crippen LogP contribution in [-0.4, -0.2) is 32.8 Å². The largest absolute Gasteiger partial charge is 0.493 e. The van der Waals surface area contributed by atoms with Gasteiger partial charge in [0.05, 0.1) is 0 Å². The molecule has 8 heteroatoms. The van der Waals surface area contributed by atoms with E-state index in [4.69, 9.17) is 10.2 Å². The molecule has 580 valence electrons. The van der Waals surface area contributed by atoms with Crippen LogP contribution in [0.15, 0.2) is 70.8 Å². The van der Waals surface area contributed by atoms with Crippen LogP contribution >= 0.6 is 0 Å².